The van der Waals surface area contributed by atoms with Crippen LogP contribution in [0.1, 0.15) is 23.8 Å². The fraction of sp³-hybridized carbons (Fsp3) is 0.286. The summed E-state index contributed by atoms with van der Waals surface area (Å²) in [7, 11) is 0. The first-order valence-electron chi connectivity index (χ1n) is 6.16. The molecule has 0 radical (unpaired) electrons. The Kier molecular flexibility index (Phi) is 8.59. The average molecular weight is 351 g/mol. The van der Waals surface area contributed by atoms with E-state index in [9.17, 15) is 4.79 Å². The average Bonchev–Trinajstić information content (AvgIpc) is 2.37. The molecular weight excluding hydrogens is 333 g/mol. The van der Waals surface area contributed by atoms with Gasteiger partial charge in [0.05, 0.1) is 5.52 Å². The molecule has 116 valence electrons. The van der Waals surface area contributed by atoms with Gasteiger partial charge in [-0.15, -0.1) is 24.8 Å². The molecule has 0 aliphatic carbocycles. The van der Waals surface area contributed by atoms with Crippen molar-refractivity contribution in [3.8, 4) is 0 Å². The summed E-state index contributed by atoms with van der Waals surface area (Å²) in [6, 6.07) is 9.06. The van der Waals surface area contributed by atoms with Gasteiger partial charge in [0.25, 0.3) is 5.91 Å². The van der Waals surface area contributed by atoms with Crippen LogP contribution in [0.2, 0.25) is 5.02 Å². The Bertz CT molecular complexity index is 605. The number of nitrogens with one attached hydrogen (secondary N) is 1. The van der Waals surface area contributed by atoms with Gasteiger partial charge in [0.15, 0.2) is 0 Å². The zero-order valence-electron chi connectivity index (χ0n) is 11.5. The fourth-order valence-corrected chi connectivity index (χ4v) is 1.89. The van der Waals surface area contributed by atoms with E-state index in [0.29, 0.717) is 22.8 Å². The summed E-state index contributed by atoms with van der Waals surface area (Å²) in [5.74, 6) is -0.192. The molecular formula is C14H18Cl3N3O. The summed E-state index contributed by atoms with van der Waals surface area (Å²) in [5.41, 5.74) is 6.73. The number of pyridine rings is 1. The monoisotopic (exact) mass is 349 g/mol. The number of benzene rings is 1. The molecule has 0 spiro atoms. The normalized spacial score (nSPS) is 11.2. The van der Waals surface area contributed by atoms with Gasteiger partial charge in [-0.2, -0.15) is 0 Å². The Morgan fingerprint density at radius 1 is 1.33 bits per heavy atom. The first-order valence-corrected chi connectivity index (χ1v) is 6.54. The lowest BCUT2D eigenvalue weighted by atomic mass is 10.2. The second kappa shape index (κ2) is 9.05. The Labute approximate surface area is 141 Å². The SMILES string of the molecule is CC(N)CCNC(=O)c1ccc2ccc(Cl)cc2n1.Cl.Cl. The maximum Gasteiger partial charge on any atom is 0.269 e. The predicted molar refractivity (Wildman–Crippen MR) is 91.8 cm³/mol. The number of carbonyl (C=O) groups excluding carboxylic acids is 1. The molecule has 2 rings (SSSR count). The van der Waals surface area contributed by atoms with Gasteiger partial charge >= 0.3 is 0 Å². The molecule has 7 heteroatoms. The first kappa shape index (κ1) is 19.9. The van der Waals surface area contributed by atoms with E-state index in [4.69, 9.17) is 17.3 Å². The highest BCUT2D eigenvalue weighted by Gasteiger charge is 2.08. The number of carbonyl (C=O) groups is 1. The second-order valence-electron chi connectivity index (χ2n) is 4.56. The molecule has 0 aliphatic heterocycles. The van der Waals surface area contributed by atoms with E-state index in [1.807, 2.05) is 19.1 Å². The minimum atomic E-state index is -0.192. The molecule has 1 atom stereocenters. The molecule has 2 aromatic rings. The van der Waals surface area contributed by atoms with Crippen molar-refractivity contribution in [2.45, 2.75) is 19.4 Å². The van der Waals surface area contributed by atoms with Gasteiger partial charge in [-0.05, 0) is 31.5 Å². The van der Waals surface area contributed by atoms with Crippen molar-refractivity contribution >= 4 is 53.2 Å². The summed E-state index contributed by atoms with van der Waals surface area (Å²) < 4.78 is 0. The highest BCUT2D eigenvalue weighted by atomic mass is 35.5. The zero-order valence-corrected chi connectivity index (χ0v) is 13.9. The van der Waals surface area contributed by atoms with E-state index in [1.165, 1.54) is 0 Å². The van der Waals surface area contributed by atoms with Crippen LogP contribution in [-0.4, -0.2) is 23.5 Å². The van der Waals surface area contributed by atoms with E-state index in [1.54, 1.807) is 18.2 Å². The smallest absolute Gasteiger partial charge is 0.269 e. The van der Waals surface area contributed by atoms with Gasteiger partial charge in [0.2, 0.25) is 0 Å². The topological polar surface area (TPSA) is 68.0 Å². The minimum Gasteiger partial charge on any atom is -0.351 e. The van der Waals surface area contributed by atoms with Gasteiger partial charge in [0, 0.05) is 23.0 Å². The highest BCUT2D eigenvalue weighted by molar-refractivity contribution is 6.31. The molecule has 1 amide bonds. The van der Waals surface area contributed by atoms with E-state index < -0.39 is 0 Å². The van der Waals surface area contributed by atoms with Crippen LogP contribution in [0.4, 0.5) is 0 Å². The van der Waals surface area contributed by atoms with Crippen molar-refractivity contribution in [2.24, 2.45) is 5.73 Å². The molecule has 1 heterocycles. The molecule has 0 bridgehead atoms. The number of nitrogens with zero attached hydrogens (tertiary/aromatic N) is 1. The standard InChI is InChI=1S/C14H16ClN3O.2ClH/c1-9(16)6-7-17-14(19)12-5-3-10-2-4-11(15)8-13(10)18-12;;/h2-5,8-9H,6-7,16H2,1H3,(H,17,19);2*1H. The Hall–Kier alpha value is -1.07. The largest absolute Gasteiger partial charge is 0.351 e. The van der Waals surface area contributed by atoms with Crippen LogP contribution in [-0.2, 0) is 0 Å². The zero-order chi connectivity index (χ0) is 13.8. The molecule has 1 unspecified atom stereocenters. The Morgan fingerprint density at radius 3 is 2.67 bits per heavy atom. The van der Waals surface area contributed by atoms with Crippen molar-refractivity contribution in [2.75, 3.05) is 6.54 Å². The van der Waals surface area contributed by atoms with Crippen molar-refractivity contribution in [1.29, 1.82) is 0 Å². The van der Waals surface area contributed by atoms with E-state index >= 15 is 0 Å². The lowest BCUT2D eigenvalue weighted by molar-refractivity contribution is 0.0948. The van der Waals surface area contributed by atoms with Gasteiger partial charge in [0.1, 0.15) is 5.69 Å². The number of halogens is 3. The van der Waals surface area contributed by atoms with Crippen molar-refractivity contribution in [3.63, 3.8) is 0 Å². The number of amides is 1. The number of fused-ring (bicyclic) bond motifs is 1. The van der Waals surface area contributed by atoms with Crippen molar-refractivity contribution < 1.29 is 4.79 Å². The van der Waals surface area contributed by atoms with E-state index in [2.05, 4.69) is 10.3 Å². The predicted octanol–water partition coefficient (Wildman–Crippen LogP) is 3.20. The van der Waals surface area contributed by atoms with Gasteiger partial charge in [-0.1, -0.05) is 23.7 Å². The van der Waals surface area contributed by atoms with Crippen LogP contribution in [0, 0.1) is 0 Å². The van der Waals surface area contributed by atoms with E-state index in [0.717, 1.165) is 11.8 Å². The molecule has 0 saturated heterocycles. The third-order valence-electron chi connectivity index (χ3n) is 2.77. The quantitative estimate of drug-likeness (QED) is 0.889. The lowest BCUT2D eigenvalue weighted by Crippen LogP contribution is -2.29. The second-order valence-corrected chi connectivity index (χ2v) is 4.99. The summed E-state index contributed by atoms with van der Waals surface area (Å²) in [4.78, 5) is 16.2. The maximum atomic E-state index is 11.9. The molecule has 0 saturated carbocycles. The Balaban J connectivity index is 0.00000200. The summed E-state index contributed by atoms with van der Waals surface area (Å²) in [6.45, 7) is 2.45. The van der Waals surface area contributed by atoms with Crippen LogP contribution < -0.4 is 11.1 Å². The highest BCUT2D eigenvalue weighted by Crippen LogP contribution is 2.17. The van der Waals surface area contributed by atoms with Crippen molar-refractivity contribution in [1.82, 2.24) is 10.3 Å². The van der Waals surface area contributed by atoms with Crippen LogP contribution in [0.5, 0.6) is 0 Å². The number of nitrogens with two attached hydrogens (primary N) is 1. The number of rotatable bonds is 4. The molecule has 4 nitrogen and oxygen atoms in total. The van der Waals surface area contributed by atoms with Crippen LogP contribution in [0.15, 0.2) is 30.3 Å². The number of hydrogen-bond acceptors (Lipinski definition) is 3. The molecule has 0 aliphatic rings. The van der Waals surface area contributed by atoms with Crippen LogP contribution >= 0.6 is 36.4 Å². The molecule has 21 heavy (non-hydrogen) atoms. The van der Waals surface area contributed by atoms with Gasteiger partial charge < -0.3 is 11.1 Å². The van der Waals surface area contributed by atoms with Crippen molar-refractivity contribution in [3.05, 3.63) is 41.0 Å². The lowest BCUT2D eigenvalue weighted by Gasteiger charge is -2.07. The summed E-state index contributed by atoms with van der Waals surface area (Å²) in [6.07, 6.45) is 0.741. The fourth-order valence-electron chi connectivity index (χ4n) is 1.72. The molecule has 1 aromatic heterocycles. The van der Waals surface area contributed by atoms with Gasteiger partial charge in [-0.25, -0.2) is 4.98 Å². The van der Waals surface area contributed by atoms with Gasteiger partial charge in [-0.3, -0.25) is 4.79 Å². The molecule has 3 N–H and O–H groups in total. The first-order chi connectivity index (χ1) is 9.06. The minimum absolute atomic E-state index is 0. The van der Waals surface area contributed by atoms with Crippen LogP contribution in [0.25, 0.3) is 10.9 Å². The third-order valence-corrected chi connectivity index (χ3v) is 3.01. The molecule has 1 aromatic carbocycles. The summed E-state index contributed by atoms with van der Waals surface area (Å²) >= 11 is 5.91. The third kappa shape index (κ3) is 5.67. The van der Waals surface area contributed by atoms with E-state index in [-0.39, 0.29) is 36.8 Å². The molecule has 0 fully saturated rings. The van der Waals surface area contributed by atoms with Crippen LogP contribution in [0.3, 0.4) is 0 Å². The number of hydrogen-bond donors (Lipinski definition) is 2. The maximum absolute atomic E-state index is 11.9. The Morgan fingerprint density at radius 2 is 2.00 bits per heavy atom. The number of aromatic nitrogens is 1. The summed E-state index contributed by atoms with van der Waals surface area (Å²) in [5, 5.41) is 4.36.